The molecule has 2 heteroatoms. The summed E-state index contributed by atoms with van der Waals surface area (Å²) < 4.78 is 0. The molecule has 0 bridgehead atoms. The normalized spacial score (nSPS) is 24.6. The maximum Gasteiger partial charge on any atom is 0.0837 e. The van der Waals surface area contributed by atoms with E-state index in [9.17, 15) is 5.26 Å². The first-order valence-electron chi connectivity index (χ1n) is 7.51. The van der Waals surface area contributed by atoms with Gasteiger partial charge in [-0.1, -0.05) is 56.5 Å². The van der Waals surface area contributed by atoms with Crippen LogP contribution in [-0.2, 0) is 0 Å². The lowest BCUT2D eigenvalue weighted by atomic mass is 9.84. The second kappa shape index (κ2) is 7.31. The summed E-state index contributed by atoms with van der Waals surface area (Å²) in [6.45, 7) is 3.07. The van der Waals surface area contributed by atoms with Gasteiger partial charge in [-0.2, -0.15) is 5.26 Å². The van der Waals surface area contributed by atoms with E-state index in [1.165, 1.54) is 32.1 Å². The number of nitrogens with one attached hydrogen (secondary N) is 1. The van der Waals surface area contributed by atoms with Gasteiger partial charge in [0.15, 0.2) is 0 Å². The van der Waals surface area contributed by atoms with Crippen LogP contribution in [0.2, 0.25) is 0 Å². The van der Waals surface area contributed by atoms with Gasteiger partial charge >= 0.3 is 0 Å². The minimum absolute atomic E-state index is 0.0248. The fraction of sp³-hybridized carbons (Fsp3) is 0.588. The van der Waals surface area contributed by atoms with Crippen molar-refractivity contribution in [1.82, 2.24) is 5.32 Å². The summed E-state index contributed by atoms with van der Waals surface area (Å²) in [7, 11) is 0. The molecule has 0 radical (unpaired) electrons. The number of nitriles is 1. The third kappa shape index (κ3) is 4.08. The molecule has 1 fully saturated rings. The van der Waals surface area contributed by atoms with Gasteiger partial charge in [-0.3, -0.25) is 0 Å². The Labute approximate surface area is 116 Å². The average Bonchev–Trinajstić information content (AvgIpc) is 2.49. The minimum atomic E-state index is -0.0248. The zero-order chi connectivity index (χ0) is 13.5. The van der Waals surface area contributed by atoms with Crippen LogP contribution < -0.4 is 5.32 Å². The molecule has 19 heavy (non-hydrogen) atoms. The van der Waals surface area contributed by atoms with Crippen molar-refractivity contribution in [2.45, 2.75) is 51.0 Å². The maximum atomic E-state index is 9.32. The van der Waals surface area contributed by atoms with Crippen LogP contribution in [0.4, 0.5) is 0 Å². The molecule has 1 N–H and O–H groups in total. The van der Waals surface area contributed by atoms with Gasteiger partial charge in [-0.15, -0.1) is 0 Å². The molecule has 1 aliphatic carbocycles. The molecular weight excluding hydrogens is 232 g/mol. The van der Waals surface area contributed by atoms with Gasteiger partial charge in [-0.25, -0.2) is 0 Å². The molecule has 0 aliphatic heterocycles. The molecule has 3 atom stereocenters. The predicted octanol–water partition coefficient (Wildman–Crippen LogP) is 3.85. The van der Waals surface area contributed by atoms with Crippen molar-refractivity contribution >= 4 is 0 Å². The highest BCUT2D eigenvalue weighted by Crippen LogP contribution is 2.27. The molecule has 0 spiro atoms. The molecule has 0 amide bonds. The molecular formula is C17H24N2. The molecule has 0 aromatic heterocycles. The Kier molecular flexibility index (Phi) is 5.42. The third-order valence-electron chi connectivity index (χ3n) is 4.33. The van der Waals surface area contributed by atoms with Gasteiger partial charge in [0.05, 0.1) is 12.0 Å². The van der Waals surface area contributed by atoms with E-state index in [4.69, 9.17) is 0 Å². The summed E-state index contributed by atoms with van der Waals surface area (Å²) in [4.78, 5) is 0. The van der Waals surface area contributed by atoms with Gasteiger partial charge in [0.1, 0.15) is 0 Å². The van der Waals surface area contributed by atoms with Crippen LogP contribution in [0.5, 0.6) is 0 Å². The summed E-state index contributed by atoms with van der Waals surface area (Å²) in [6, 6.07) is 13.1. The number of hydrogen-bond acceptors (Lipinski definition) is 2. The Bertz CT molecular complexity index is 407. The number of benzene rings is 1. The lowest BCUT2D eigenvalue weighted by Gasteiger charge is -2.29. The molecule has 2 nitrogen and oxygen atoms in total. The standard InChI is InChI=1S/C17H24N2/c1-2-14-7-6-10-17(11-14)19-13-16(12-18)15-8-4-3-5-9-15/h3-5,8-9,14,16-17,19H,2,6-7,10-11,13H2,1H3. The fourth-order valence-electron chi connectivity index (χ4n) is 3.06. The quantitative estimate of drug-likeness (QED) is 0.868. The zero-order valence-corrected chi connectivity index (χ0v) is 11.8. The highest BCUT2D eigenvalue weighted by atomic mass is 14.9. The molecule has 1 aromatic rings. The number of nitrogens with zero attached hydrogens (tertiary/aromatic N) is 1. The Balaban J connectivity index is 1.85. The predicted molar refractivity (Wildman–Crippen MR) is 78.8 cm³/mol. The van der Waals surface area contributed by atoms with Gasteiger partial charge in [0.25, 0.3) is 0 Å². The Morgan fingerprint density at radius 3 is 2.79 bits per heavy atom. The monoisotopic (exact) mass is 256 g/mol. The van der Waals surface area contributed by atoms with E-state index in [1.807, 2.05) is 30.3 Å². The zero-order valence-electron chi connectivity index (χ0n) is 11.8. The van der Waals surface area contributed by atoms with Crippen LogP contribution in [0.3, 0.4) is 0 Å². The Morgan fingerprint density at radius 1 is 1.32 bits per heavy atom. The number of rotatable bonds is 5. The van der Waals surface area contributed by atoms with Crippen molar-refractivity contribution in [3.8, 4) is 6.07 Å². The van der Waals surface area contributed by atoms with E-state index >= 15 is 0 Å². The van der Waals surface area contributed by atoms with E-state index in [2.05, 4.69) is 18.3 Å². The Morgan fingerprint density at radius 2 is 2.11 bits per heavy atom. The summed E-state index contributed by atoms with van der Waals surface area (Å²) in [6.07, 6.45) is 6.55. The summed E-state index contributed by atoms with van der Waals surface area (Å²) in [5.41, 5.74) is 1.13. The van der Waals surface area contributed by atoms with Gasteiger partial charge < -0.3 is 5.32 Å². The minimum Gasteiger partial charge on any atom is -0.312 e. The van der Waals surface area contributed by atoms with Crippen LogP contribution in [0.15, 0.2) is 30.3 Å². The van der Waals surface area contributed by atoms with Crippen molar-refractivity contribution in [1.29, 1.82) is 5.26 Å². The maximum absolute atomic E-state index is 9.32. The van der Waals surface area contributed by atoms with Crippen molar-refractivity contribution in [2.24, 2.45) is 5.92 Å². The molecule has 102 valence electrons. The smallest absolute Gasteiger partial charge is 0.0837 e. The molecule has 0 heterocycles. The molecule has 3 unspecified atom stereocenters. The van der Waals surface area contributed by atoms with Crippen LogP contribution in [0.1, 0.15) is 50.5 Å². The topological polar surface area (TPSA) is 35.8 Å². The van der Waals surface area contributed by atoms with Crippen molar-refractivity contribution < 1.29 is 0 Å². The molecule has 2 rings (SSSR count). The highest BCUT2D eigenvalue weighted by Gasteiger charge is 2.21. The first-order chi connectivity index (χ1) is 9.33. The number of hydrogen-bond donors (Lipinski definition) is 1. The second-order valence-corrected chi connectivity index (χ2v) is 5.64. The van der Waals surface area contributed by atoms with E-state index in [1.54, 1.807) is 0 Å². The summed E-state index contributed by atoms with van der Waals surface area (Å²) >= 11 is 0. The summed E-state index contributed by atoms with van der Waals surface area (Å²) in [5, 5.41) is 12.9. The van der Waals surface area contributed by atoms with Crippen molar-refractivity contribution in [2.75, 3.05) is 6.54 Å². The first-order valence-corrected chi connectivity index (χ1v) is 7.51. The van der Waals surface area contributed by atoms with Gasteiger partial charge in [-0.05, 0) is 24.3 Å². The molecule has 1 saturated carbocycles. The van der Waals surface area contributed by atoms with E-state index < -0.39 is 0 Å². The van der Waals surface area contributed by atoms with E-state index in [0.717, 1.165) is 18.0 Å². The van der Waals surface area contributed by atoms with Crippen molar-refractivity contribution in [3.63, 3.8) is 0 Å². The van der Waals surface area contributed by atoms with Crippen LogP contribution >= 0.6 is 0 Å². The lowest BCUT2D eigenvalue weighted by molar-refractivity contribution is 0.279. The van der Waals surface area contributed by atoms with Gasteiger partial charge in [0, 0.05) is 12.6 Å². The molecule has 0 saturated heterocycles. The van der Waals surface area contributed by atoms with Crippen LogP contribution in [0.25, 0.3) is 0 Å². The van der Waals surface area contributed by atoms with E-state index in [0.29, 0.717) is 6.04 Å². The fourth-order valence-corrected chi connectivity index (χ4v) is 3.06. The van der Waals surface area contributed by atoms with Crippen molar-refractivity contribution in [3.05, 3.63) is 35.9 Å². The SMILES string of the molecule is CCC1CCCC(NCC(C#N)c2ccccc2)C1. The molecule has 1 aromatic carbocycles. The largest absolute Gasteiger partial charge is 0.312 e. The van der Waals surface area contributed by atoms with Crippen LogP contribution in [-0.4, -0.2) is 12.6 Å². The van der Waals surface area contributed by atoms with Crippen LogP contribution in [0, 0.1) is 17.2 Å². The Hall–Kier alpha value is -1.33. The lowest BCUT2D eigenvalue weighted by Crippen LogP contribution is -2.36. The van der Waals surface area contributed by atoms with E-state index in [-0.39, 0.29) is 5.92 Å². The highest BCUT2D eigenvalue weighted by molar-refractivity contribution is 5.25. The average molecular weight is 256 g/mol. The first kappa shape index (κ1) is 14.1. The van der Waals surface area contributed by atoms with Gasteiger partial charge in [0.2, 0.25) is 0 Å². The third-order valence-corrected chi connectivity index (χ3v) is 4.33. The second-order valence-electron chi connectivity index (χ2n) is 5.64. The summed E-state index contributed by atoms with van der Waals surface area (Å²) in [5.74, 6) is 0.853. The molecule has 1 aliphatic rings.